The first-order valence-corrected chi connectivity index (χ1v) is 8.63. The fourth-order valence-corrected chi connectivity index (χ4v) is 3.58. The third-order valence-corrected chi connectivity index (χ3v) is 4.89. The summed E-state index contributed by atoms with van der Waals surface area (Å²) in [5, 5.41) is 2.75. The van der Waals surface area contributed by atoms with E-state index in [2.05, 4.69) is 10.2 Å². The Labute approximate surface area is 147 Å². The summed E-state index contributed by atoms with van der Waals surface area (Å²) in [6.45, 7) is 2.49. The molecule has 25 heavy (non-hydrogen) atoms. The van der Waals surface area contributed by atoms with E-state index < -0.39 is 0 Å². The van der Waals surface area contributed by atoms with E-state index in [9.17, 15) is 9.59 Å². The number of nitrogens with one attached hydrogen (secondary N) is 1. The summed E-state index contributed by atoms with van der Waals surface area (Å²) in [5.74, 6) is 1.33. The predicted octanol–water partition coefficient (Wildman–Crippen LogP) is 0.799. The van der Waals surface area contributed by atoms with Gasteiger partial charge in [-0.3, -0.25) is 14.5 Å². The zero-order valence-corrected chi connectivity index (χ0v) is 14.8. The summed E-state index contributed by atoms with van der Waals surface area (Å²) in [6, 6.07) is 6.10. The average molecular weight is 347 g/mol. The maximum absolute atomic E-state index is 12.6. The number of hydrogen-bond donors (Lipinski definition) is 1. The second kappa shape index (κ2) is 7.74. The second-order valence-electron chi connectivity index (χ2n) is 6.41. The van der Waals surface area contributed by atoms with E-state index in [1.54, 1.807) is 19.1 Å². The number of carbonyl (C=O) groups excluding carboxylic acids is 2. The molecule has 2 saturated heterocycles. The predicted molar refractivity (Wildman–Crippen MR) is 92.7 cm³/mol. The van der Waals surface area contributed by atoms with Crippen LogP contribution in [0, 0.1) is 0 Å². The first-order valence-electron chi connectivity index (χ1n) is 8.63. The van der Waals surface area contributed by atoms with Crippen molar-refractivity contribution in [1.29, 1.82) is 0 Å². The van der Waals surface area contributed by atoms with Gasteiger partial charge in [-0.2, -0.15) is 0 Å². The molecule has 0 aliphatic carbocycles. The molecule has 0 spiro atoms. The lowest BCUT2D eigenvalue weighted by atomic mass is 10.0. The maximum Gasteiger partial charge on any atom is 0.239 e. The number of likely N-dealkylation sites (tertiary alicyclic amines) is 1. The highest BCUT2D eigenvalue weighted by Gasteiger charge is 2.30. The van der Waals surface area contributed by atoms with Gasteiger partial charge in [0.05, 0.1) is 27.3 Å². The van der Waals surface area contributed by atoms with Crippen LogP contribution in [0.3, 0.4) is 0 Å². The molecule has 1 aromatic rings. The summed E-state index contributed by atoms with van der Waals surface area (Å²) in [4.78, 5) is 27.9. The number of amides is 2. The Morgan fingerprint density at radius 3 is 2.76 bits per heavy atom. The number of piperazine rings is 1. The topological polar surface area (TPSA) is 71.1 Å². The number of hydrogen-bond acceptors (Lipinski definition) is 5. The van der Waals surface area contributed by atoms with Crippen molar-refractivity contribution in [3.05, 3.63) is 23.8 Å². The first-order chi connectivity index (χ1) is 12.1. The molecule has 0 aromatic heterocycles. The monoisotopic (exact) mass is 347 g/mol. The van der Waals surface area contributed by atoms with Crippen LogP contribution >= 0.6 is 0 Å². The number of carbonyl (C=O) groups is 2. The summed E-state index contributed by atoms with van der Waals surface area (Å²) < 4.78 is 10.7. The van der Waals surface area contributed by atoms with E-state index in [4.69, 9.17) is 9.47 Å². The minimum absolute atomic E-state index is 0.0160. The molecular weight excluding hydrogens is 322 g/mol. The molecular formula is C18H25N3O4. The quantitative estimate of drug-likeness (QED) is 0.853. The molecule has 136 valence electrons. The molecule has 7 heteroatoms. The van der Waals surface area contributed by atoms with Crippen LogP contribution in [0.15, 0.2) is 18.2 Å². The van der Waals surface area contributed by atoms with Crippen molar-refractivity contribution in [3.8, 4) is 11.5 Å². The largest absolute Gasteiger partial charge is 0.493 e. The van der Waals surface area contributed by atoms with Gasteiger partial charge in [-0.05, 0) is 37.1 Å². The van der Waals surface area contributed by atoms with Crippen LogP contribution in [0.4, 0.5) is 0 Å². The van der Waals surface area contributed by atoms with Gasteiger partial charge in [-0.25, -0.2) is 0 Å². The first kappa shape index (κ1) is 17.5. The molecule has 1 N–H and O–H groups in total. The lowest BCUT2D eigenvalue weighted by Gasteiger charge is -2.30. The van der Waals surface area contributed by atoms with Gasteiger partial charge >= 0.3 is 0 Å². The molecule has 1 aromatic carbocycles. The molecule has 0 unspecified atom stereocenters. The minimum atomic E-state index is -0.0857. The van der Waals surface area contributed by atoms with Crippen molar-refractivity contribution in [2.45, 2.75) is 18.9 Å². The summed E-state index contributed by atoms with van der Waals surface area (Å²) in [6.07, 6.45) is 2.05. The molecule has 0 saturated carbocycles. The Bertz CT molecular complexity index is 649. The lowest BCUT2D eigenvalue weighted by molar-refractivity contribution is -0.139. The van der Waals surface area contributed by atoms with Crippen LogP contribution in [-0.2, 0) is 9.59 Å². The fourth-order valence-electron chi connectivity index (χ4n) is 3.58. The van der Waals surface area contributed by atoms with Crippen LogP contribution in [0.5, 0.6) is 11.5 Å². The fraction of sp³-hybridized carbons (Fsp3) is 0.556. The number of rotatable bonds is 5. The van der Waals surface area contributed by atoms with Crippen molar-refractivity contribution >= 4 is 11.8 Å². The van der Waals surface area contributed by atoms with Crippen LogP contribution in [0.2, 0.25) is 0 Å². The van der Waals surface area contributed by atoms with Crippen molar-refractivity contribution in [3.63, 3.8) is 0 Å². The molecule has 1 atom stereocenters. The SMILES string of the molecule is COc1ccc([C@@H]2CCCN2CC(=O)N2CCNC(=O)C2)cc1OC. The highest BCUT2D eigenvalue weighted by molar-refractivity contribution is 5.86. The summed E-state index contributed by atoms with van der Waals surface area (Å²) >= 11 is 0. The number of benzene rings is 1. The minimum Gasteiger partial charge on any atom is -0.493 e. The normalized spacial score (nSPS) is 21.1. The smallest absolute Gasteiger partial charge is 0.239 e. The van der Waals surface area contributed by atoms with E-state index in [1.807, 2.05) is 18.2 Å². The molecule has 2 fully saturated rings. The molecule has 0 radical (unpaired) electrons. The molecule has 7 nitrogen and oxygen atoms in total. The Hall–Kier alpha value is -2.28. The zero-order chi connectivity index (χ0) is 17.8. The van der Waals surface area contributed by atoms with Gasteiger partial charge in [0.15, 0.2) is 11.5 Å². The van der Waals surface area contributed by atoms with Crippen molar-refractivity contribution in [1.82, 2.24) is 15.1 Å². The van der Waals surface area contributed by atoms with Crippen molar-refractivity contribution < 1.29 is 19.1 Å². The second-order valence-corrected chi connectivity index (χ2v) is 6.41. The van der Waals surface area contributed by atoms with E-state index in [-0.39, 0.29) is 24.4 Å². The lowest BCUT2D eigenvalue weighted by Crippen LogP contribution is -2.52. The van der Waals surface area contributed by atoms with E-state index >= 15 is 0 Å². The standard InChI is InChI=1S/C18H25N3O4/c1-24-15-6-5-13(10-16(15)25-2)14-4-3-8-20(14)12-18(23)21-9-7-19-17(22)11-21/h5-6,10,14H,3-4,7-9,11-12H2,1-2H3,(H,19,22)/t14-/m0/s1. The van der Waals surface area contributed by atoms with Crippen LogP contribution in [-0.4, -0.2) is 68.6 Å². The van der Waals surface area contributed by atoms with Crippen LogP contribution in [0.1, 0.15) is 24.4 Å². The molecule has 2 heterocycles. The zero-order valence-electron chi connectivity index (χ0n) is 14.8. The Morgan fingerprint density at radius 1 is 1.24 bits per heavy atom. The number of methoxy groups -OCH3 is 2. The van der Waals surface area contributed by atoms with Gasteiger partial charge in [0.2, 0.25) is 11.8 Å². The van der Waals surface area contributed by atoms with Gasteiger partial charge in [0, 0.05) is 19.1 Å². The van der Waals surface area contributed by atoms with Gasteiger partial charge in [0.25, 0.3) is 0 Å². The molecule has 3 rings (SSSR count). The van der Waals surface area contributed by atoms with Crippen LogP contribution < -0.4 is 14.8 Å². The highest BCUT2D eigenvalue weighted by Crippen LogP contribution is 2.36. The summed E-state index contributed by atoms with van der Waals surface area (Å²) in [5.41, 5.74) is 1.12. The molecule has 2 aliphatic rings. The van der Waals surface area contributed by atoms with Gasteiger partial charge < -0.3 is 19.7 Å². The van der Waals surface area contributed by atoms with Crippen molar-refractivity contribution in [2.75, 3.05) is 46.9 Å². The molecule has 2 amide bonds. The summed E-state index contributed by atoms with van der Waals surface area (Å²) in [7, 11) is 3.24. The van der Waals surface area contributed by atoms with Crippen molar-refractivity contribution in [2.24, 2.45) is 0 Å². The van der Waals surface area contributed by atoms with E-state index in [0.717, 1.165) is 24.9 Å². The van der Waals surface area contributed by atoms with Crippen LogP contribution in [0.25, 0.3) is 0 Å². The maximum atomic E-state index is 12.6. The number of nitrogens with zero attached hydrogens (tertiary/aromatic N) is 2. The Kier molecular flexibility index (Phi) is 5.43. The van der Waals surface area contributed by atoms with Gasteiger partial charge in [-0.15, -0.1) is 0 Å². The molecule has 2 aliphatic heterocycles. The van der Waals surface area contributed by atoms with Gasteiger partial charge in [-0.1, -0.05) is 6.07 Å². The molecule has 0 bridgehead atoms. The van der Waals surface area contributed by atoms with E-state index in [0.29, 0.717) is 31.1 Å². The van der Waals surface area contributed by atoms with Gasteiger partial charge in [0.1, 0.15) is 0 Å². The highest BCUT2D eigenvalue weighted by atomic mass is 16.5. The van der Waals surface area contributed by atoms with E-state index in [1.165, 1.54) is 0 Å². The average Bonchev–Trinajstić information content (AvgIpc) is 3.09. The Balaban J connectivity index is 1.70. The Morgan fingerprint density at radius 2 is 2.04 bits per heavy atom. The third-order valence-electron chi connectivity index (χ3n) is 4.89. The number of ether oxygens (including phenoxy) is 2. The third kappa shape index (κ3) is 3.87.